The zero-order valence-corrected chi connectivity index (χ0v) is 11.3. The van der Waals surface area contributed by atoms with Crippen molar-refractivity contribution in [3.8, 4) is 0 Å². The SMILES string of the molecule is Cc1ccc(C(=O)NCCNCCOCCO)cc1. The summed E-state index contributed by atoms with van der Waals surface area (Å²) in [7, 11) is 0. The first kappa shape index (κ1) is 15.6. The van der Waals surface area contributed by atoms with E-state index in [1.807, 2.05) is 31.2 Å². The molecule has 1 aromatic carbocycles. The van der Waals surface area contributed by atoms with E-state index in [0.29, 0.717) is 38.4 Å². The van der Waals surface area contributed by atoms with E-state index in [-0.39, 0.29) is 12.5 Å². The number of hydrogen-bond acceptors (Lipinski definition) is 4. The van der Waals surface area contributed by atoms with Crippen molar-refractivity contribution in [3.05, 3.63) is 35.4 Å². The van der Waals surface area contributed by atoms with Crippen LogP contribution in [0.3, 0.4) is 0 Å². The first-order chi connectivity index (χ1) is 9.24. The number of carbonyl (C=O) groups is 1. The molecule has 3 N–H and O–H groups in total. The topological polar surface area (TPSA) is 70.6 Å². The predicted molar refractivity (Wildman–Crippen MR) is 74.3 cm³/mol. The second-order valence-corrected chi connectivity index (χ2v) is 4.21. The highest BCUT2D eigenvalue weighted by Gasteiger charge is 2.03. The van der Waals surface area contributed by atoms with Crippen molar-refractivity contribution in [2.24, 2.45) is 0 Å². The highest BCUT2D eigenvalue weighted by Crippen LogP contribution is 2.02. The number of ether oxygens (including phenoxy) is 1. The van der Waals surface area contributed by atoms with Gasteiger partial charge in [0.25, 0.3) is 5.91 Å². The third-order valence-corrected chi connectivity index (χ3v) is 2.56. The average Bonchev–Trinajstić information content (AvgIpc) is 2.42. The summed E-state index contributed by atoms with van der Waals surface area (Å²) in [6.07, 6.45) is 0. The molecule has 1 aromatic rings. The molecule has 0 radical (unpaired) electrons. The van der Waals surface area contributed by atoms with E-state index in [0.717, 1.165) is 5.56 Å². The predicted octanol–water partition coefficient (Wildman–Crippen LogP) is 0.323. The fraction of sp³-hybridized carbons (Fsp3) is 0.500. The minimum atomic E-state index is -0.0571. The van der Waals surface area contributed by atoms with Crippen LogP contribution < -0.4 is 10.6 Å². The Hall–Kier alpha value is -1.43. The van der Waals surface area contributed by atoms with E-state index < -0.39 is 0 Å². The first-order valence-electron chi connectivity index (χ1n) is 6.48. The van der Waals surface area contributed by atoms with Gasteiger partial charge in [-0.3, -0.25) is 4.79 Å². The molecule has 5 nitrogen and oxygen atoms in total. The minimum Gasteiger partial charge on any atom is -0.394 e. The molecule has 0 bridgehead atoms. The molecule has 0 fully saturated rings. The molecule has 19 heavy (non-hydrogen) atoms. The van der Waals surface area contributed by atoms with E-state index in [1.54, 1.807) is 0 Å². The number of carbonyl (C=O) groups excluding carboxylic acids is 1. The number of rotatable bonds is 9. The molecule has 0 aromatic heterocycles. The number of aliphatic hydroxyl groups is 1. The molecule has 0 unspecified atom stereocenters. The number of benzene rings is 1. The van der Waals surface area contributed by atoms with Gasteiger partial charge in [-0.1, -0.05) is 17.7 Å². The lowest BCUT2D eigenvalue weighted by atomic mass is 10.1. The van der Waals surface area contributed by atoms with Crippen molar-refractivity contribution in [3.63, 3.8) is 0 Å². The maximum atomic E-state index is 11.7. The van der Waals surface area contributed by atoms with Crippen molar-refractivity contribution < 1.29 is 14.6 Å². The molecular weight excluding hydrogens is 244 g/mol. The van der Waals surface area contributed by atoms with Crippen molar-refractivity contribution in [2.45, 2.75) is 6.92 Å². The Morgan fingerprint density at radius 3 is 2.58 bits per heavy atom. The molecule has 0 saturated heterocycles. The second kappa shape index (κ2) is 9.49. The van der Waals surface area contributed by atoms with Crippen LogP contribution in [0.4, 0.5) is 0 Å². The standard InChI is InChI=1S/C14H22N2O3/c1-12-2-4-13(5-3-12)14(18)16-7-6-15-8-10-19-11-9-17/h2-5,15,17H,6-11H2,1H3,(H,16,18). The third-order valence-electron chi connectivity index (χ3n) is 2.56. The van der Waals surface area contributed by atoms with Crippen molar-refractivity contribution in [2.75, 3.05) is 39.5 Å². The molecule has 0 heterocycles. The molecule has 0 aliphatic carbocycles. The Labute approximate surface area is 114 Å². The van der Waals surface area contributed by atoms with E-state index >= 15 is 0 Å². The lowest BCUT2D eigenvalue weighted by Crippen LogP contribution is -2.33. The second-order valence-electron chi connectivity index (χ2n) is 4.21. The molecule has 0 atom stereocenters. The van der Waals surface area contributed by atoms with Crippen molar-refractivity contribution in [1.82, 2.24) is 10.6 Å². The average molecular weight is 266 g/mol. The highest BCUT2D eigenvalue weighted by molar-refractivity contribution is 5.94. The Balaban J connectivity index is 2.06. The van der Waals surface area contributed by atoms with Gasteiger partial charge in [-0.15, -0.1) is 0 Å². The maximum absolute atomic E-state index is 11.7. The Kier molecular flexibility index (Phi) is 7.81. The molecule has 0 spiro atoms. The van der Waals surface area contributed by atoms with Crippen LogP contribution >= 0.6 is 0 Å². The van der Waals surface area contributed by atoms with Gasteiger partial charge in [0.05, 0.1) is 19.8 Å². The van der Waals surface area contributed by atoms with E-state index in [2.05, 4.69) is 10.6 Å². The minimum absolute atomic E-state index is 0.0482. The van der Waals surface area contributed by atoms with Crippen LogP contribution in [0.2, 0.25) is 0 Å². The zero-order valence-electron chi connectivity index (χ0n) is 11.3. The smallest absolute Gasteiger partial charge is 0.251 e. The summed E-state index contributed by atoms with van der Waals surface area (Å²) < 4.78 is 5.09. The van der Waals surface area contributed by atoms with Crippen LogP contribution in [0, 0.1) is 6.92 Å². The van der Waals surface area contributed by atoms with Gasteiger partial charge in [0.2, 0.25) is 0 Å². The summed E-state index contributed by atoms with van der Waals surface area (Å²) in [6.45, 7) is 4.95. The van der Waals surface area contributed by atoms with E-state index in [1.165, 1.54) is 0 Å². The van der Waals surface area contributed by atoms with Gasteiger partial charge in [0.15, 0.2) is 0 Å². The number of aliphatic hydroxyl groups excluding tert-OH is 1. The number of amides is 1. The number of hydrogen-bond donors (Lipinski definition) is 3. The van der Waals surface area contributed by atoms with Crippen LogP contribution in [-0.2, 0) is 4.74 Å². The summed E-state index contributed by atoms with van der Waals surface area (Å²) in [5.74, 6) is -0.0571. The highest BCUT2D eigenvalue weighted by atomic mass is 16.5. The van der Waals surface area contributed by atoms with E-state index in [9.17, 15) is 4.79 Å². The normalized spacial score (nSPS) is 10.4. The fourth-order valence-electron chi connectivity index (χ4n) is 1.51. The molecule has 5 heteroatoms. The summed E-state index contributed by atoms with van der Waals surface area (Å²) >= 11 is 0. The summed E-state index contributed by atoms with van der Waals surface area (Å²) in [6, 6.07) is 7.49. The fourth-order valence-corrected chi connectivity index (χ4v) is 1.51. The lowest BCUT2D eigenvalue weighted by molar-refractivity contribution is 0.0929. The van der Waals surface area contributed by atoms with Crippen molar-refractivity contribution >= 4 is 5.91 Å². The number of nitrogens with one attached hydrogen (secondary N) is 2. The first-order valence-corrected chi connectivity index (χ1v) is 6.48. The van der Waals surface area contributed by atoms with Crippen LogP contribution in [0.1, 0.15) is 15.9 Å². The molecule has 0 aliphatic heterocycles. The molecule has 1 rings (SSSR count). The number of aryl methyl sites for hydroxylation is 1. The summed E-state index contributed by atoms with van der Waals surface area (Å²) in [5.41, 5.74) is 1.82. The van der Waals surface area contributed by atoms with Crippen molar-refractivity contribution in [1.29, 1.82) is 0 Å². The monoisotopic (exact) mass is 266 g/mol. The summed E-state index contributed by atoms with van der Waals surface area (Å²) in [5, 5.41) is 14.5. The zero-order chi connectivity index (χ0) is 13.9. The van der Waals surface area contributed by atoms with Gasteiger partial charge < -0.3 is 20.5 Å². The van der Waals surface area contributed by atoms with Crippen LogP contribution in [0.25, 0.3) is 0 Å². The van der Waals surface area contributed by atoms with Crippen LogP contribution in [-0.4, -0.2) is 50.5 Å². The largest absolute Gasteiger partial charge is 0.394 e. The molecule has 106 valence electrons. The van der Waals surface area contributed by atoms with Crippen LogP contribution in [0.15, 0.2) is 24.3 Å². The maximum Gasteiger partial charge on any atom is 0.251 e. The van der Waals surface area contributed by atoms with Gasteiger partial charge in [0, 0.05) is 25.2 Å². The molecule has 1 amide bonds. The van der Waals surface area contributed by atoms with Gasteiger partial charge in [-0.25, -0.2) is 0 Å². The van der Waals surface area contributed by atoms with E-state index in [4.69, 9.17) is 9.84 Å². The van der Waals surface area contributed by atoms with Gasteiger partial charge in [0.1, 0.15) is 0 Å². The lowest BCUT2D eigenvalue weighted by Gasteiger charge is -2.07. The molecule has 0 saturated carbocycles. The Morgan fingerprint density at radius 2 is 1.89 bits per heavy atom. The molecular formula is C14H22N2O3. The van der Waals surface area contributed by atoms with Gasteiger partial charge >= 0.3 is 0 Å². The third kappa shape index (κ3) is 6.91. The van der Waals surface area contributed by atoms with Crippen LogP contribution in [0.5, 0.6) is 0 Å². The summed E-state index contributed by atoms with van der Waals surface area (Å²) in [4.78, 5) is 11.7. The molecule has 0 aliphatic rings. The Bertz CT molecular complexity index is 365. The van der Waals surface area contributed by atoms with Gasteiger partial charge in [-0.2, -0.15) is 0 Å². The quantitative estimate of drug-likeness (QED) is 0.563. The van der Waals surface area contributed by atoms with Gasteiger partial charge in [-0.05, 0) is 19.1 Å². The Morgan fingerprint density at radius 1 is 1.16 bits per heavy atom.